The minimum absolute atomic E-state index is 0.188. The van der Waals surface area contributed by atoms with Crippen molar-refractivity contribution in [2.24, 2.45) is 5.73 Å². The predicted molar refractivity (Wildman–Crippen MR) is 89.5 cm³/mol. The largest absolute Gasteiger partial charge is 0.348 e. The summed E-state index contributed by atoms with van der Waals surface area (Å²) in [4.78, 5) is 12.1. The summed E-state index contributed by atoms with van der Waals surface area (Å²) in [5.74, 6) is -0.188. The number of hydrogen-bond donors (Lipinski definition) is 2. The van der Waals surface area contributed by atoms with Crippen molar-refractivity contribution < 1.29 is 4.79 Å². The van der Waals surface area contributed by atoms with Crippen molar-refractivity contribution in [2.75, 3.05) is 6.54 Å². The quantitative estimate of drug-likeness (QED) is 0.849. The summed E-state index contributed by atoms with van der Waals surface area (Å²) in [6.45, 7) is 1.10. The molecule has 0 unspecified atom stereocenters. The second kappa shape index (κ2) is 7.59. The van der Waals surface area contributed by atoms with Crippen molar-refractivity contribution >= 4 is 33.4 Å². The van der Waals surface area contributed by atoms with E-state index in [9.17, 15) is 4.79 Å². The van der Waals surface area contributed by atoms with Crippen molar-refractivity contribution in [3.8, 4) is 0 Å². The SMILES string of the molecule is NCCc1ccc(CNC(=O)c2cccc(Br)c2Cl)cc1. The number of carbonyl (C=O) groups excluding carboxylic acids is 1. The molecule has 0 aliphatic carbocycles. The van der Waals surface area contributed by atoms with Crippen LogP contribution in [-0.2, 0) is 13.0 Å². The summed E-state index contributed by atoms with van der Waals surface area (Å²) in [6.07, 6.45) is 0.861. The minimum Gasteiger partial charge on any atom is -0.348 e. The molecule has 21 heavy (non-hydrogen) atoms. The molecule has 110 valence electrons. The number of hydrogen-bond acceptors (Lipinski definition) is 2. The van der Waals surface area contributed by atoms with Crippen LogP contribution in [0.15, 0.2) is 46.9 Å². The van der Waals surface area contributed by atoms with Crippen molar-refractivity contribution in [3.05, 3.63) is 68.7 Å². The molecule has 0 saturated carbocycles. The molecule has 2 aromatic carbocycles. The molecular weight excluding hydrogens is 352 g/mol. The van der Waals surface area contributed by atoms with Gasteiger partial charge >= 0.3 is 0 Å². The molecule has 0 fully saturated rings. The zero-order valence-electron chi connectivity index (χ0n) is 11.4. The first-order valence-corrected chi connectivity index (χ1v) is 7.79. The molecule has 0 saturated heterocycles. The smallest absolute Gasteiger partial charge is 0.253 e. The number of nitrogens with one attached hydrogen (secondary N) is 1. The topological polar surface area (TPSA) is 55.1 Å². The van der Waals surface area contributed by atoms with Gasteiger partial charge in [0.15, 0.2) is 0 Å². The Hall–Kier alpha value is -1.36. The molecule has 0 bridgehead atoms. The van der Waals surface area contributed by atoms with Gasteiger partial charge in [-0.25, -0.2) is 0 Å². The molecule has 0 heterocycles. The van der Waals surface area contributed by atoms with Gasteiger partial charge < -0.3 is 11.1 Å². The molecule has 0 spiro atoms. The molecule has 5 heteroatoms. The Morgan fingerprint density at radius 2 is 1.81 bits per heavy atom. The van der Waals surface area contributed by atoms with Gasteiger partial charge in [-0.05, 0) is 52.2 Å². The van der Waals surface area contributed by atoms with Crippen molar-refractivity contribution in [3.63, 3.8) is 0 Å². The maximum Gasteiger partial charge on any atom is 0.253 e. The average Bonchev–Trinajstić information content (AvgIpc) is 2.49. The lowest BCUT2D eigenvalue weighted by molar-refractivity contribution is 0.0951. The molecule has 3 N–H and O–H groups in total. The Labute approximate surface area is 137 Å². The van der Waals surface area contributed by atoms with Gasteiger partial charge in [-0.1, -0.05) is 41.9 Å². The van der Waals surface area contributed by atoms with Gasteiger partial charge in [0.05, 0.1) is 10.6 Å². The van der Waals surface area contributed by atoms with Crippen LogP contribution in [0.4, 0.5) is 0 Å². The van der Waals surface area contributed by atoms with Crippen molar-refractivity contribution in [2.45, 2.75) is 13.0 Å². The van der Waals surface area contributed by atoms with E-state index < -0.39 is 0 Å². The second-order valence-corrected chi connectivity index (χ2v) is 5.87. The van der Waals surface area contributed by atoms with Crippen LogP contribution >= 0.6 is 27.5 Å². The predicted octanol–water partition coefficient (Wildman–Crippen LogP) is 3.53. The lowest BCUT2D eigenvalue weighted by atomic mass is 10.1. The van der Waals surface area contributed by atoms with E-state index in [1.54, 1.807) is 18.2 Å². The summed E-state index contributed by atoms with van der Waals surface area (Å²) in [5.41, 5.74) is 8.21. The van der Waals surface area contributed by atoms with Gasteiger partial charge in [0.25, 0.3) is 5.91 Å². The molecule has 0 atom stereocenters. The van der Waals surface area contributed by atoms with Gasteiger partial charge in [-0.3, -0.25) is 4.79 Å². The maximum atomic E-state index is 12.1. The molecule has 0 aliphatic rings. The number of nitrogens with two attached hydrogens (primary N) is 1. The van der Waals surface area contributed by atoms with E-state index in [1.165, 1.54) is 5.56 Å². The summed E-state index contributed by atoms with van der Waals surface area (Å²) < 4.78 is 0.711. The Bertz CT molecular complexity index is 629. The van der Waals surface area contributed by atoms with Crippen molar-refractivity contribution in [1.29, 1.82) is 0 Å². The zero-order chi connectivity index (χ0) is 15.2. The Kier molecular flexibility index (Phi) is 5.79. The van der Waals surface area contributed by atoms with E-state index in [2.05, 4.69) is 21.2 Å². The highest BCUT2D eigenvalue weighted by atomic mass is 79.9. The monoisotopic (exact) mass is 366 g/mol. The summed E-state index contributed by atoms with van der Waals surface area (Å²) in [5, 5.41) is 3.29. The average molecular weight is 368 g/mol. The standard InChI is InChI=1S/C16H16BrClN2O/c17-14-3-1-2-13(15(14)18)16(21)20-10-12-6-4-11(5-7-12)8-9-19/h1-7H,8-10,19H2,(H,20,21). The maximum absolute atomic E-state index is 12.1. The molecule has 0 aromatic heterocycles. The van der Waals surface area contributed by atoms with Gasteiger partial charge in [-0.15, -0.1) is 0 Å². The normalized spacial score (nSPS) is 10.4. The number of benzene rings is 2. The van der Waals surface area contributed by atoms with E-state index in [1.807, 2.05) is 24.3 Å². The lowest BCUT2D eigenvalue weighted by Crippen LogP contribution is -2.23. The lowest BCUT2D eigenvalue weighted by Gasteiger charge is -2.08. The van der Waals surface area contributed by atoms with E-state index in [0.717, 1.165) is 12.0 Å². The summed E-state index contributed by atoms with van der Waals surface area (Å²) in [6, 6.07) is 13.3. The number of amides is 1. The molecule has 1 amide bonds. The highest BCUT2D eigenvalue weighted by Crippen LogP contribution is 2.25. The Morgan fingerprint density at radius 3 is 2.48 bits per heavy atom. The fourth-order valence-corrected chi connectivity index (χ4v) is 2.53. The van der Waals surface area contributed by atoms with Crippen LogP contribution in [0.5, 0.6) is 0 Å². The zero-order valence-corrected chi connectivity index (χ0v) is 13.7. The number of halogens is 2. The van der Waals surface area contributed by atoms with Crippen LogP contribution in [0.25, 0.3) is 0 Å². The number of carbonyl (C=O) groups is 1. The van der Waals surface area contributed by atoms with Crippen molar-refractivity contribution in [1.82, 2.24) is 5.32 Å². The van der Waals surface area contributed by atoms with E-state index in [4.69, 9.17) is 17.3 Å². The molecule has 0 aliphatic heterocycles. The van der Waals surface area contributed by atoms with Crippen LogP contribution in [0.1, 0.15) is 21.5 Å². The first kappa shape index (κ1) is 16.0. The van der Waals surface area contributed by atoms with Crippen LogP contribution in [0.2, 0.25) is 5.02 Å². The summed E-state index contributed by atoms with van der Waals surface area (Å²) >= 11 is 9.42. The highest BCUT2D eigenvalue weighted by Gasteiger charge is 2.11. The van der Waals surface area contributed by atoms with E-state index in [0.29, 0.717) is 28.1 Å². The van der Waals surface area contributed by atoms with Crippen LogP contribution in [0.3, 0.4) is 0 Å². The molecule has 3 nitrogen and oxygen atoms in total. The van der Waals surface area contributed by atoms with Gasteiger partial charge in [0.1, 0.15) is 0 Å². The van der Waals surface area contributed by atoms with Crippen LogP contribution in [0, 0.1) is 0 Å². The van der Waals surface area contributed by atoms with E-state index in [-0.39, 0.29) is 5.91 Å². The fourth-order valence-electron chi connectivity index (χ4n) is 1.95. The van der Waals surface area contributed by atoms with Gasteiger partial charge in [0.2, 0.25) is 0 Å². The minimum atomic E-state index is -0.188. The molecular formula is C16H16BrClN2O. The molecule has 2 rings (SSSR count). The Balaban J connectivity index is 1.99. The molecule has 0 radical (unpaired) electrons. The highest BCUT2D eigenvalue weighted by molar-refractivity contribution is 9.10. The van der Waals surface area contributed by atoms with Gasteiger partial charge in [-0.2, -0.15) is 0 Å². The van der Waals surface area contributed by atoms with E-state index >= 15 is 0 Å². The fraction of sp³-hybridized carbons (Fsp3) is 0.188. The molecule has 2 aromatic rings. The number of rotatable bonds is 5. The first-order chi connectivity index (χ1) is 10.1. The third-order valence-corrected chi connectivity index (χ3v) is 4.40. The van der Waals surface area contributed by atoms with Gasteiger partial charge in [0, 0.05) is 11.0 Å². The summed E-state index contributed by atoms with van der Waals surface area (Å²) in [7, 11) is 0. The first-order valence-electron chi connectivity index (χ1n) is 6.62. The third kappa shape index (κ3) is 4.30. The van der Waals surface area contributed by atoms with Crippen LogP contribution < -0.4 is 11.1 Å². The third-order valence-electron chi connectivity index (χ3n) is 3.11. The van der Waals surface area contributed by atoms with Crippen LogP contribution in [-0.4, -0.2) is 12.5 Å². The Morgan fingerprint density at radius 1 is 1.14 bits per heavy atom. The second-order valence-electron chi connectivity index (χ2n) is 4.64.